The second kappa shape index (κ2) is 5.65. The van der Waals surface area contributed by atoms with Gasteiger partial charge in [0.25, 0.3) is 0 Å². The lowest BCUT2D eigenvalue weighted by molar-refractivity contribution is -0.140. The summed E-state index contributed by atoms with van der Waals surface area (Å²) < 4.78 is 50.2. The maximum absolute atomic E-state index is 13.0. The monoisotopic (exact) mass is 279 g/mol. The Kier molecular flexibility index (Phi) is 4.43. The van der Waals surface area contributed by atoms with Gasteiger partial charge >= 0.3 is 18.0 Å². The molecule has 1 rings (SSSR count). The van der Waals surface area contributed by atoms with Crippen molar-refractivity contribution in [1.82, 2.24) is 10.7 Å². The van der Waals surface area contributed by atoms with E-state index in [1.807, 2.05) is 5.32 Å². The smallest absolute Gasteiger partial charge is 0.344 e. The third-order valence-corrected chi connectivity index (χ3v) is 2.13. The van der Waals surface area contributed by atoms with Crippen molar-refractivity contribution in [2.24, 2.45) is 5.84 Å². The lowest BCUT2D eigenvalue weighted by atomic mass is 10.1. The number of nitrogens with one attached hydrogen (secondary N) is 2. The number of halogens is 4. The Morgan fingerprint density at radius 3 is 2.37 bits per heavy atom. The zero-order valence-electron chi connectivity index (χ0n) is 9.34. The first-order valence-electron chi connectivity index (χ1n) is 4.90. The molecule has 104 valence electrons. The van der Waals surface area contributed by atoms with Crippen LogP contribution in [0.1, 0.15) is 11.1 Å². The molecule has 4 N–H and O–H groups in total. The van der Waals surface area contributed by atoms with Crippen LogP contribution in [-0.4, -0.2) is 11.8 Å². The highest BCUT2D eigenvalue weighted by Crippen LogP contribution is 2.31. The van der Waals surface area contributed by atoms with Gasteiger partial charge < -0.3 is 5.32 Å². The van der Waals surface area contributed by atoms with Crippen LogP contribution in [0.25, 0.3) is 0 Å². The van der Waals surface area contributed by atoms with Crippen molar-refractivity contribution in [1.29, 1.82) is 0 Å². The Morgan fingerprint density at radius 1 is 1.21 bits per heavy atom. The van der Waals surface area contributed by atoms with Crippen molar-refractivity contribution in [3.05, 3.63) is 35.1 Å². The minimum Gasteiger partial charge on any atom is -0.344 e. The molecule has 0 bridgehead atoms. The molecule has 0 atom stereocenters. The minimum absolute atomic E-state index is 0.00750. The number of nitrogens with two attached hydrogens (primary N) is 1. The van der Waals surface area contributed by atoms with Crippen LogP contribution < -0.4 is 16.6 Å². The molecule has 19 heavy (non-hydrogen) atoms. The summed E-state index contributed by atoms with van der Waals surface area (Å²) in [4.78, 5) is 21.7. The highest BCUT2D eigenvalue weighted by Gasteiger charge is 2.34. The summed E-state index contributed by atoms with van der Waals surface area (Å²) in [7, 11) is 0. The van der Waals surface area contributed by atoms with E-state index < -0.39 is 29.4 Å². The Balaban J connectivity index is 2.81. The van der Waals surface area contributed by atoms with E-state index in [2.05, 4.69) is 5.84 Å². The van der Waals surface area contributed by atoms with Gasteiger partial charge in [-0.05, 0) is 17.7 Å². The van der Waals surface area contributed by atoms with Crippen LogP contribution in [0, 0.1) is 5.82 Å². The fourth-order valence-electron chi connectivity index (χ4n) is 1.23. The Bertz CT molecular complexity index is 502. The summed E-state index contributed by atoms with van der Waals surface area (Å²) in [6.07, 6.45) is -4.83. The lowest BCUT2D eigenvalue weighted by Crippen LogP contribution is -2.42. The average molecular weight is 279 g/mol. The quantitative estimate of drug-likeness (QED) is 0.242. The molecule has 0 radical (unpaired) electrons. The van der Waals surface area contributed by atoms with Crippen LogP contribution in [0.15, 0.2) is 18.2 Å². The molecule has 0 aliphatic heterocycles. The van der Waals surface area contributed by atoms with Crippen LogP contribution in [0.4, 0.5) is 17.6 Å². The molecule has 2 amide bonds. The van der Waals surface area contributed by atoms with E-state index >= 15 is 0 Å². The molecule has 0 saturated carbocycles. The summed E-state index contributed by atoms with van der Waals surface area (Å²) in [5.41, 5.74) is 0.105. The third kappa shape index (κ3) is 3.91. The zero-order chi connectivity index (χ0) is 14.6. The summed E-state index contributed by atoms with van der Waals surface area (Å²) in [5.74, 6) is 1.02. The second-order valence-electron chi connectivity index (χ2n) is 3.47. The number of carbonyl (C=O) groups excluding carboxylic acids is 2. The van der Waals surface area contributed by atoms with Crippen molar-refractivity contribution in [2.45, 2.75) is 12.7 Å². The van der Waals surface area contributed by atoms with Gasteiger partial charge in [-0.3, -0.25) is 15.0 Å². The van der Waals surface area contributed by atoms with Gasteiger partial charge in [-0.15, -0.1) is 0 Å². The molecule has 0 unspecified atom stereocenters. The molecule has 0 spiro atoms. The number of rotatable bonds is 2. The molecule has 0 aliphatic carbocycles. The van der Waals surface area contributed by atoms with Crippen molar-refractivity contribution in [3.63, 3.8) is 0 Å². The van der Waals surface area contributed by atoms with E-state index in [1.54, 1.807) is 5.43 Å². The van der Waals surface area contributed by atoms with Crippen molar-refractivity contribution in [2.75, 3.05) is 0 Å². The summed E-state index contributed by atoms with van der Waals surface area (Å²) in [5, 5.41) is 2.03. The summed E-state index contributed by atoms with van der Waals surface area (Å²) >= 11 is 0. The van der Waals surface area contributed by atoms with Crippen LogP contribution in [-0.2, 0) is 22.3 Å². The van der Waals surface area contributed by atoms with Crippen LogP contribution >= 0.6 is 0 Å². The van der Waals surface area contributed by atoms with Gasteiger partial charge in [0.2, 0.25) is 0 Å². The van der Waals surface area contributed by atoms with E-state index in [9.17, 15) is 27.2 Å². The molecule has 0 aromatic heterocycles. The molecular weight excluding hydrogens is 270 g/mol. The first-order chi connectivity index (χ1) is 8.75. The van der Waals surface area contributed by atoms with Crippen LogP contribution in [0.3, 0.4) is 0 Å². The van der Waals surface area contributed by atoms with Gasteiger partial charge in [-0.1, -0.05) is 6.07 Å². The van der Waals surface area contributed by atoms with E-state index in [0.29, 0.717) is 12.1 Å². The number of amides is 2. The second-order valence-corrected chi connectivity index (χ2v) is 3.47. The summed E-state index contributed by atoms with van der Waals surface area (Å²) in [6, 6.07) is 2.24. The van der Waals surface area contributed by atoms with Gasteiger partial charge in [0.1, 0.15) is 5.82 Å². The molecular formula is C10H9F4N3O2. The van der Waals surface area contributed by atoms with E-state index in [4.69, 9.17) is 0 Å². The molecule has 1 aromatic rings. The molecule has 0 heterocycles. The SMILES string of the molecule is NNC(=O)C(=O)NCc1ccc(F)c(C(F)(F)F)c1. The first-order valence-corrected chi connectivity index (χ1v) is 4.90. The first kappa shape index (κ1) is 14.9. The largest absolute Gasteiger partial charge is 0.419 e. The van der Waals surface area contributed by atoms with Crippen molar-refractivity contribution >= 4 is 11.8 Å². The maximum Gasteiger partial charge on any atom is 0.419 e. The van der Waals surface area contributed by atoms with E-state index in [1.165, 1.54) is 0 Å². The van der Waals surface area contributed by atoms with Crippen LogP contribution in [0.2, 0.25) is 0 Å². The molecule has 1 aromatic carbocycles. The number of hydrogen-bond acceptors (Lipinski definition) is 3. The average Bonchev–Trinajstić information content (AvgIpc) is 2.35. The normalized spacial score (nSPS) is 11.0. The number of hydrogen-bond donors (Lipinski definition) is 3. The Morgan fingerprint density at radius 2 is 1.84 bits per heavy atom. The minimum atomic E-state index is -4.83. The number of alkyl halides is 3. The van der Waals surface area contributed by atoms with Gasteiger partial charge in [0.15, 0.2) is 0 Å². The van der Waals surface area contributed by atoms with E-state index in [0.717, 1.165) is 6.07 Å². The third-order valence-electron chi connectivity index (χ3n) is 2.13. The van der Waals surface area contributed by atoms with Gasteiger partial charge in [0, 0.05) is 6.54 Å². The predicted molar refractivity (Wildman–Crippen MR) is 55.6 cm³/mol. The number of hydrazine groups is 1. The van der Waals surface area contributed by atoms with Crippen molar-refractivity contribution in [3.8, 4) is 0 Å². The van der Waals surface area contributed by atoms with Gasteiger partial charge in [-0.2, -0.15) is 13.2 Å². The topological polar surface area (TPSA) is 84.2 Å². The zero-order valence-corrected chi connectivity index (χ0v) is 9.34. The van der Waals surface area contributed by atoms with Gasteiger partial charge in [0.05, 0.1) is 5.56 Å². The highest BCUT2D eigenvalue weighted by atomic mass is 19.4. The molecule has 0 fully saturated rings. The fourth-order valence-corrected chi connectivity index (χ4v) is 1.23. The Labute approximate surface area is 104 Å². The van der Waals surface area contributed by atoms with E-state index in [-0.39, 0.29) is 12.1 Å². The number of benzene rings is 1. The predicted octanol–water partition coefficient (Wildman–Crippen LogP) is 0.451. The maximum atomic E-state index is 13.0. The fraction of sp³-hybridized carbons (Fsp3) is 0.200. The highest BCUT2D eigenvalue weighted by molar-refractivity contribution is 6.34. The number of carbonyl (C=O) groups is 2. The molecule has 5 nitrogen and oxygen atoms in total. The van der Waals surface area contributed by atoms with Crippen LogP contribution in [0.5, 0.6) is 0 Å². The molecule has 0 saturated heterocycles. The van der Waals surface area contributed by atoms with Crippen molar-refractivity contribution < 1.29 is 27.2 Å². The molecule has 9 heteroatoms. The molecule has 0 aliphatic rings. The van der Waals surface area contributed by atoms with Gasteiger partial charge in [-0.25, -0.2) is 10.2 Å². The summed E-state index contributed by atoms with van der Waals surface area (Å²) in [6.45, 7) is -0.365. The standard InChI is InChI=1S/C10H9F4N3O2/c11-7-2-1-5(3-6(7)10(12,13)14)4-16-8(18)9(19)17-15/h1-3H,4,15H2,(H,16,18)(H,17,19). The Hall–Kier alpha value is -2.16. The lowest BCUT2D eigenvalue weighted by Gasteiger charge is -2.10.